The maximum atomic E-state index is 6.30. The van der Waals surface area contributed by atoms with Crippen LogP contribution in [0.1, 0.15) is 12.0 Å². The summed E-state index contributed by atoms with van der Waals surface area (Å²) < 4.78 is 22.0. The molecule has 9 heteroatoms. The van der Waals surface area contributed by atoms with E-state index in [2.05, 4.69) is 15.6 Å². The summed E-state index contributed by atoms with van der Waals surface area (Å²) in [5, 5.41) is 7.08. The zero-order chi connectivity index (χ0) is 20.5. The van der Waals surface area contributed by atoms with E-state index in [-0.39, 0.29) is 24.0 Å². The average Bonchev–Trinajstić information content (AvgIpc) is 2.74. The highest BCUT2D eigenvalue weighted by atomic mass is 127. The molecule has 0 aliphatic carbocycles. The third-order valence-electron chi connectivity index (χ3n) is 4.20. The number of halogens is 2. The van der Waals surface area contributed by atoms with Crippen LogP contribution in [0.3, 0.4) is 0 Å². The molecule has 2 aromatic carbocycles. The Balaban J connectivity index is 0.00000320. The first-order valence-corrected chi connectivity index (χ1v) is 9.85. The van der Waals surface area contributed by atoms with Gasteiger partial charge in [-0.2, -0.15) is 0 Å². The predicted octanol–water partition coefficient (Wildman–Crippen LogP) is 4.33. The van der Waals surface area contributed by atoms with Crippen molar-refractivity contribution in [3.05, 3.63) is 47.0 Å². The standard InChI is InChI=1S/C21H26ClN3O4.HI/c1-23-21(25-16-5-3-6-17(13-16)27-8-4-7-26-2)24-14-15-11-18(22)20-19(12-15)28-9-10-29-20;/h3,5-6,11-13H,4,7-10,14H2,1-2H3,(H2,23,24,25);1H. The molecular formula is C21H27ClIN3O4. The fourth-order valence-corrected chi connectivity index (χ4v) is 3.11. The maximum absolute atomic E-state index is 6.30. The zero-order valence-electron chi connectivity index (χ0n) is 17.1. The van der Waals surface area contributed by atoms with Crippen molar-refractivity contribution in [3.8, 4) is 17.2 Å². The number of benzene rings is 2. The van der Waals surface area contributed by atoms with Gasteiger partial charge >= 0.3 is 0 Å². The smallest absolute Gasteiger partial charge is 0.195 e. The number of methoxy groups -OCH3 is 1. The van der Waals surface area contributed by atoms with Gasteiger partial charge in [0.15, 0.2) is 17.5 Å². The average molecular weight is 548 g/mol. The van der Waals surface area contributed by atoms with Crippen molar-refractivity contribution in [2.75, 3.05) is 45.9 Å². The number of rotatable bonds is 8. The Labute approximate surface area is 199 Å². The van der Waals surface area contributed by atoms with Gasteiger partial charge in [-0.05, 0) is 29.8 Å². The number of guanidine groups is 1. The molecule has 1 aliphatic heterocycles. The van der Waals surface area contributed by atoms with Gasteiger partial charge in [-0.3, -0.25) is 4.99 Å². The van der Waals surface area contributed by atoms with E-state index in [1.54, 1.807) is 14.2 Å². The van der Waals surface area contributed by atoms with Crippen LogP contribution in [0.5, 0.6) is 17.2 Å². The summed E-state index contributed by atoms with van der Waals surface area (Å²) >= 11 is 6.30. The van der Waals surface area contributed by atoms with E-state index in [1.165, 1.54) is 0 Å². The molecule has 0 saturated heterocycles. The van der Waals surface area contributed by atoms with Crippen LogP contribution in [0, 0.1) is 0 Å². The van der Waals surface area contributed by atoms with Crippen LogP contribution in [-0.4, -0.2) is 46.5 Å². The Kier molecular flexibility index (Phi) is 10.3. The molecule has 30 heavy (non-hydrogen) atoms. The SMILES string of the molecule is CN=C(NCc1cc(Cl)c2c(c1)OCCO2)Nc1cccc(OCCCOC)c1.I. The molecule has 2 aromatic rings. The number of nitrogens with zero attached hydrogens (tertiary/aromatic N) is 1. The zero-order valence-corrected chi connectivity index (χ0v) is 20.2. The number of hydrogen-bond acceptors (Lipinski definition) is 5. The summed E-state index contributed by atoms with van der Waals surface area (Å²) in [6.07, 6.45) is 0.843. The number of anilines is 1. The fraction of sp³-hybridized carbons (Fsp3) is 0.381. The van der Waals surface area contributed by atoms with Crippen LogP contribution in [0.4, 0.5) is 5.69 Å². The molecule has 1 heterocycles. The van der Waals surface area contributed by atoms with Gasteiger partial charge in [0.1, 0.15) is 19.0 Å². The topological polar surface area (TPSA) is 73.3 Å². The van der Waals surface area contributed by atoms with Gasteiger partial charge in [-0.25, -0.2) is 0 Å². The molecule has 0 radical (unpaired) electrons. The summed E-state index contributed by atoms with van der Waals surface area (Å²) in [5.41, 5.74) is 1.85. The highest BCUT2D eigenvalue weighted by Crippen LogP contribution is 2.38. The van der Waals surface area contributed by atoms with Crippen molar-refractivity contribution in [3.63, 3.8) is 0 Å². The predicted molar refractivity (Wildman–Crippen MR) is 130 cm³/mol. The van der Waals surface area contributed by atoms with Crippen molar-refractivity contribution < 1.29 is 18.9 Å². The molecule has 0 saturated carbocycles. The first kappa shape index (κ1) is 24.4. The monoisotopic (exact) mass is 547 g/mol. The molecule has 7 nitrogen and oxygen atoms in total. The van der Waals surface area contributed by atoms with E-state index in [1.807, 2.05) is 36.4 Å². The lowest BCUT2D eigenvalue weighted by Gasteiger charge is -2.20. The molecule has 0 aromatic heterocycles. The van der Waals surface area contributed by atoms with E-state index < -0.39 is 0 Å². The second-order valence-corrected chi connectivity index (χ2v) is 6.78. The lowest BCUT2D eigenvalue weighted by atomic mass is 10.2. The lowest BCUT2D eigenvalue weighted by Crippen LogP contribution is -2.30. The molecular weight excluding hydrogens is 521 g/mol. The van der Waals surface area contributed by atoms with Gasteiger partial charge in [0.05, 0.1) is 11.6 Å². The van der Waals surface area contributed by atoms with Crippen molar-refractivity contribution >= 4 is 47.2 Å². The van der Waals surface area contributed by atoms with Crippen molar-refractivity contribution in [2.24, 2.45) is 4.99 Å². The number of aliphatic imine (C=N–C) groups is 1. The van der Waals surface area contributed by atoms with E-state index in [9.17, 15) is 0 Å². The molecule has 0 spiro atoms. The Hall–Kier alpha value is -1.91. The molecule has 164 valence electrons. The maximum Gasteiger partial charge on any atom is 0.195 e. The molecule has 1 aliphatic rings. The van der Waals surface area contributed by atoms with E-state index in [0.717, 1.165) is 23.4 Å². The van der Waals surface area contributed by atoms with Crippen LogP contribution in [0.15, 0.2) is 41.4 Å². The normalized spacial score (nSPS) is 12.7. The summed E-state index contributed by atoms with van der Waals surface area (Å²) in [6.45, 7) is 2.85. The largest absolute Gasteiger partial charge is 0.493 e. The van der Waals surface area contributed by atoms with E-state index in [0.29, 0.717) is 55.5 Å². The van der Waals surface area contributed by atoms with Gasteiger partial charge in [-0.15, -0.1) is 24.0 Å². The Morgan fingerprint density at radius 1 is 1.17 bits per heavy atom. The second kappa shape index (κ2) is 12.7. The minimum Gasteiger partial charge on any atom is -0.493 e. The first-order valence-electron chi connectivity index (χ1n) is 9.47. The number of nitrogens with one attached hydrogen (secondary N) is 2. The molecule has 0 amide bonds. The Morgan fingerprint density at radius 2 is 2.00 bits per heavy atom. The molecule has 0 unspecified atom stereocenters. The second-order valence-electron chi connectivity index (χ2n) is 6.38. The third kappa shape index (κ3) is 7.10. The van der Waals surface area contributed by atoms with Crippen molar-refractivity contribution in [1.82, 2.24) is 5.32 Å². The number of ether oxygens (including phenoxy) is 4. The van der Waals surface area contributed by atoms with E-state index >= 15 is 0 Å². The third-order valence-corrected chi connectivity index (χ3v) is 4.48. The summed E-state index contributed by atoms with van der Waals surface area (Å²) in [4.78, 5) is 4.27. The number of hydrogen-bond donors (Lipinski definition) is 2. The van der Waals surface area contributed by atoms with Gasteiger partial charge in [0, 0.05) is 45.5 Å². The molecule has 0 bridgehead atoms. The van der Waals surface area contributed by atoms with Gasteiger partial charge in [0.25, 0.3) is 0 Å². The summed E-state index contributed by atoms with van der Waals surface area (Å²) in [7, 11) is 3.40. The minimum absolute atomic E-state index is 0. The molecule has 3 rings (SSSR count). The summed E-state index contributed by atoms with van der Waals surface area (Å²) in [6, 6.07) is 11.5. The summed E-state index contributed by atoms with van der Waals surface area (Å²) in [5.74, 6) is 2.70. The number of fused-ring (bicyclic) bond motifs is 1. The van der Waals surface area contributed by atoms with Gasteiger partial charge in [-0.1, -0.05) is 17.7 Å². The Morgan fingerprint density at radius 3 is 2.80 bits per heavy atom. The van der Waals surface area contributed by atoms with Crippen LogP contribution < -0.4 is 24.8 Å². The molecule has 0 fully saturated rings. The van der Waals surface area contributed by atoms with Gasteiger partial charge < -0.3 is 29.6 Å². The van der Waals surface area contributed by atoms with Crippen molar-refractivity contribution in [1.29, 1.82) is 0 Å². The van der Waals surface area contributed by atoms with Crippen LogP contribution in [0.2, 0.25) is 5.02 Å². The highest BCUT2D eigenvalue weighted by Gasteiger charge is 2.16. The fourth-order valence-electron chi connectivity index (χ4n) is 2.82. The highest BCUT2D eigenvalue weighted by molar-refractivity contribution is 14.0. The quantitative estimate of drug-likeness (QED) is 0.222. The first-order chi connectivity index (χ1) is 14.2. The Bertz CT molecular complexity index is 851. The van der Waals surface area contributed by atoms with Crippen LogP contribution in [-0.2, 0) is 11.3 Å². The van der Waals surface area contributed by atoms with Crippen LogP contribution >= 0.6 is 35.6 Å². The van der Waals surface area contributed by atoms with Crippen molar-refractivity contribution in [2.45, 2.75) is 13.0 Å². The van der Waals surface area contributed by atoms with E-state index in [4.69, 9.17) is 30.5 Å². The van der Waals surface area contributed by atoms with Crippen LogP contribution in [0.25, 0.3) is 0 Å². The molecule has 2 N–H and O–H groups in total. The lowest BCUT2D eigenvalue weighted by molar-refractivity contribution is 0.171. The minimum atomic E-state index is 0. The van der Waals surface area contributed by atoms with Gasteiger partial charge in [0.2, 0.25) is 0 Å². The molecule has 0 atom stereocenters.